The molecular formula is C32H34N8O2. The zero-order valence-electron chi connectivity index (χ0n) is 24.1. The molecule has 0 bridgehead atoms. The average molecular weight is 563 g/mol. The summed E-state index contributed by atoms with van der Waals surface area (Å²) >= 11 is 0. The summed E-state index contributed by atoms with van der Waals surface area (Å²) in [6.45, 7) is 6.23. The second kappa shape index (κ2) is 11.2. The van der Waals surface area contributed by atoms with Crippen LogP contribution < -0.4 is 20.3 Å². The first-order valence-corrected chi connectivity index (χ1v) is 14.1. The normalized spacial score (nSPS) is 16.0. The molecule has 4 heterocycles. The molecule has 1 atom stereocenters. The molecule has 2 aromatic heterocycles. The lowest BCUT2D eigenvalue weighted by molar-refractivity contribution is -0.111. The first kappa shape index (κ1) is 27.3. The predicted molar refractivity (Wildman–Crippen MR) is 165 cm³/mol. The SMILES string of the molecule is C=CC(=O)Nc1cc(Nc2ncc(C#N)c(-c3cn4c5c(cccc35)CCC4)n2)c(OC)cc1N1CC[C@H](N(C)C)C1. The van der Waals surface area contributed by atoms with Gasteiger partial charge in [-0.25, -0.2) is 9.97 Å². The summed E-state index contributed by atoms with van der Waals surface area (Å²) in [6.07, 6.45) is 8.03. The molecule has 4 aromatic rings. The number of carbonyl (C=O) groups excluding carboxylic acids is 1. The standard InChI is InChI=1S/C32H34N8O2/c1-5-29(41)35-25-14-26(28(42-4)15-27(25)39-13-11-22(18-39)38(2)3)36-32-34-17-21(16-33)30(37-32)24-19-40-12-7-9-20-8-6-10-23(24)31(20)40/h5-6,8,10,14-15,17,19,22H,1,7,9,11-13,18H2,2-4H3,(H,35,41)(H,34,36,37)/t22-/m0/s1. The minimum absolute atomic E-state index is 0.305. The number of hydrogen-bond donors (Lipinski definition) is 2. The minimum atomic E-state index is -0.305. The number of likely N-dealkylation sites (N-methyl/N-ethyl adjacent to an activating group) is 1. The van der Waals surface area contributed by atoms with Crippen LogP contribution in [0.5, 0.6) is 5.75 Å². The molecule has 1 saturated heterocycles. The highest BCUT2D eigenvalue weighted by Gasteiger charge is 2.27. The second-order valence-corrected chi connectivity index (χ2v) is 11.0. The van der Waals surface area contributed by atoms with Crippen molar-refractivity contribution in [2.45, 2.75) is 31.8 Å². The predicted octanol–water partition coefficient (Wildman–Crippen LogP) is 4.93. The third-order valence-corrected chi connectivity index (χ3v) is 8.23. The number of nitrogens with one attached hydrogen (secondary N) is 2. The van der Waals surface area contributed by atoms with Gasteiger partial charge in [0.05, 0.1) is 47.1 Å². The topological polar surface area (TPSA) is 111 Å². The number of carbonyl (C=O) groups is 1. The molecule has 0 spiro atoms. The van der Waals surface area contributed by atoms with E-state index in [1.54, 1.807) is 13.3 Å². The smallest absolute Gasteiger partial charge is 0.247 e. The fourth-order valence-corrected chi connectivity index (χ4v) is 6.06. The number of nitrogens with zero attached hydrogens (tertiary/aromatic N) is 6. The Kier molecular flexibility index (Phi) is 7.27. The molecule has 0 aliphatic carbocycles. The molecule has 214 valence electrons. The number of hydrogen-bond acceptors (Lipinski definition) is 8. The Morgan fingerprint density at radius 3 is 2.86 bits per heavy atom. The summed E-state index contributed by atoms with van der Waals surface area (Å²) in [5.41, 5.74) is 6.47. The zero-order chi connectivity index (χ0) is 29.4. The van der Waals surface area contributed by atoms with Gasteiger partial charge in [0.25, 0.3) is 0 Å². The number of aryl methyl sites for hydroxylation is 2. The molecule has 0 saturated carbocycles. The number of methoxy groups -OCH3 is 1. The van der Waals surface area contributed by atoms with Crippen LogP contribution in [-0.2, 0) is 17.8 Å². The highest BCUT2D eigenvalue weighted by molar-refractivity contribution is 6.02. The maximum absolute atomic E-state index is 12.4. The van der Waals surface area contributed by atoms with Crippen LogP contribution in [0.25, 0.3) is 22.2 Å². The van der Waals surface area contributed by atoms with Gasteiger partial charge in [0.2, 0.25) is 11.9 Å². The van der Waals surface area contributed by atoms with Crippen LogP contribution in [0.1, 0.15) is 24.0 Å². The van der Waals surface area contributed by atoms with E-state index in [0.717, 1.165) is 55.5 Å². The Hall–Kier alpha value is -4.88. The summed E-state index contributed by atoms with van der Waals surface area (Å²) in [5.74, 6) is 0.592. The van der Waals surface area contributed by atoms with Gasteiger partial charge < -0.3 is 29.7 Å². The fourth-order valence-electron chi connectivity index (χ4n) is 6.06. The quantitative estimate of drug-likeness (QED) is 0.291. The van der Waals surface area contributed by atoms with Crippen molar-refractivity contribution in [1.82, 2.24) is 19.4 Å². The summed E-state index contributed by atoms with van der Waals surface area (Å²) in [4.78, 5) is 26.2. The van der Waals surface area contributed by atoms with E-state index >= 15 is 0 Å². The lowest BCUT2D eigenvalue weighted by Gasteiger charge is -2.25. The molecule has 0 radical (unpaired) electrons. The molecule has 0 unspecified atom stereocenters. The van der Waals surface area contributed by atoms with Gasteiger partial charge in [-0.3, -0.25) is 4.79 Å². The number of para-hydroxylation sites is 1. The fraction of sp³-hybridized carbons (Fsp3) is 0.312. The molecule has 2 aromatic carbocycles. The van der Waals surface area contributed by atoms with E-state index in [4.69, 9.17) is 9.72 Å². The summed E-state index contributed by atoms with van der Waals surface area (Å²) in [5, 5.41) is 17.3. The van der Waals surface area contributed by atoms with E-state index in [1.165, 1.54) is 17.2 Å². The molecule has 6 rings (SSSR count). The highest BCUT2D eigenvalue weighted by atomic mass is 16.5. The minimum Gasteiger partial charge on any atom is -0.494 e. The van der Waals surface area contributed by atoms with Crippen molar-refractivity contribution in [3.63, 3.8) is 0 Å². The number of benzene rings is 2. The van der Waals surface area contributed by atoms with Crippen molar-refractivity contribution >= 4 is 39.8 Å². The lowest BCUT2D eigenvalue weighted by Crippen LogP contribution is -2.31. The summed E-state index contributed by atoms with van der Waals surface area (Å²) in [6, 6.07) is 12.8. The molecular weight excluding hydrogens is 528 g/mol. The second-order valence-electron chi connectivity index (χ2n) is 11.0. The highest BCUT2D eigenvalue weighted by Crippen LogP contribution is 2.40. The summed E-state index contributed by atoms with van der Waals surface area (Å²) < 4.78 is 8.05. The first-order valence-electron chi connectivity index (χ1n) is 14.1. The van der Waals surface area contributed by atoms with E-state index in [0.29, 0.717) is 40.4 Å². The lowest BCUT2D eigenvalue weighted by atomic mass is 10.0. The van der Waals surface area contributed by atoms with E-state index in [-0.39, 0.29) is 5.91 Å². The maximum Gasteiger partial charge on any atom is 0.247 e. The van der Waals surface area contributed by atoms with Crippen LogP contribution in [0.15, 0.2) is 55.4 Å². The average Bonchev–Trinajstić information content (AvgIpc) is 3.64. The van der Waals surface area contributed by atoms with Gasteiger partial charge in [-0.15, -0.1) is 0 Å². The van der Waals surface area contributed by atoms with Crippen LogP contribution in [0, 0.1) is 11.3 Å². The maximum atomic E-state index is 12.4. The van der Waals surface area contributed by atoms with Gasteiger partial charge in [-0.1, -0.05) is 24.8 Å². The third-order valence-electron chi connectivity index (χ3n) is 8.23. The van der Waals surface area contributed by atoms with Crippen LogP contribution in [0.2, 0.25) is 0 Å². The molecule has 2 N–H and O–H groups in total. The summed E-state index contributed by atoms with van der Waals surface area (Å²) in [7, 11) is 5.77. The van der Waals surface area contributed by atoms with E-state index < -0.39 is 0 Å². The van der Waals surface area contributed by atoms with Crippen LogP contribution in [0.3, 0.4) is 0 Å². The Morgan fingerprint density at radius 2 is 2.12 bits per heavy atom. The third kappa shape index (κ3) is 4.92. The van der Waals surface area contributed by atoms with Gasteiger partial charge >= 0.3 is 0 Å². The number of aromatic nitrogens is 3. The van der Waals surface area contributed by atoms with Gasteiger partial charge in [0.1, 0.15) is 11.8 Å². The molecule has 10 heteroatoms. The Balaban J connectivity index is 1.40. The molecule has 1 fully saturated rings. The van der Waals surface area contributed by atoms with E-state index in [2.05, 4.69) is 81.1 Å². The first-order chi connectivity index (χ1) is 20.4. The van der Waals surface area contributed by atoms with Gasteiger partial charge in [-0.2, -0.15) is 5.26 Å². The van der Waals surface area contributed by atoms with Crippen molar-refractivity contribution in [3.05, 3.63) is 66.5 Å². The van der Waals surface area contributed by atoms with Gasteiger partial charge in [-0.05, 0) is 51.1 Å². The molecule has 10 nitrogen and oxygen atoms in total. The Labute approximate surface area is 245 Å². The molecule has 1 amide bonds. The number of amides is 1. The van der Waals surface area contributed by atoms with Crippen molar-refractivity contribution in [3.8, 4) is 23.1 Å². The van der Waals surface area contributed by atoms with Crippen molar-refractivity contribution in [2.75, 3.05) is 49.8 Å². The van der Waals surface area contributed by atoms with Gasteiger partial charge in [0.15, 0.2) is 0 Å². The van der Waals surface area contributed by atoms with Crippen molar-refractivity contribution in [1.29, 1.82) is 5.26 Å². The monoisotopic (exact) mass is 562 g/mol. The van der Waals surface area contributed by atoms with Crippen LogP contribution in [0.4, 0.5) is 23.0 Å². The van der Waals surface area contributed by atoms with E-state index in [1.807, 2.05) is 12.1 Å². The van der Waals surface area contributed by atoms with Gasteiger partial charge in [0, 0.05) is 48.9 Å². The molecule has 2 aliphatic heterocycles. The molecule has 2 aliphatic rings. The van der Waals surface area contributed by atoms with Crippen molar-refractivity contribution < 1.29 is 9.53 Å². The Morgan fingerprint density at radius 1 is 1.26 bits per heavy atom. The van der Waals surface area contributed by atoms with Crippen LogP contribution in [-0.4, -0.2) is 65.7 Å². The number of anilines is 4. The largest absolute Gasteiger partial charge is 0.494 e. The number of ether oxygens (including phenoxy) is 1. The van der Waals surface area contributed by atoms with Crippen LogP contribution >= 0.6 is 0 Å². The molecule has 42 heavy (non-hydrogen) atoms. The Bertz CT molecular complexity index is 1730. The zero-order valence-corrected chi connectivity index (χ0v) is 24.1. The van der Waals surface area contributed by atoms with Crippen molar-refractivity contribution in [2.24, 2.45) is 0 Å². The number of nitriles is 1. The number of rotatable bonds is 8. The van der Waals surface area contributed by atoms with E-state index in [9.17, 15) is 10.1 Å².